The highest BCUT2D eigenvalue weighted by atomic mass is 19.1. The second kappa shape index (κ2) is 10.0. The number of ether oxygens (including phenoxy) is 1. The Morgan fingerprint density at radius 2 is 1.86 bits per heavy atom. The number of rotatable bonds is 8. The van der Waals surface area contributed by atoms with Crippen molar-refractivity contribution in [3.8, 4) is 5.75 Å². The van der Waals surface area contributed by atoms with Gasteiger partial charge in [-0.1, -0.05) is 47.1 Å². The molecular weight excluding hydrogens is 371 g/mol. The van der Waals surface area contributed by atoms with Gasteiger partial charge >= 0.3 is 0 Å². The van der Waals surface area contributed by atoms with Crippen molar-refractivity contribution in [3.05, 3.63) is 95.3 Å². The first-order valence-electron chi connectivity index (χ1n) is 9.08. The third kappa shape index (κ3) is 6.46. The van der Waals surface area contributed by atoms with Gasteiger partial charge in [-0.2, -0.15) is 0 Å². The van der Waals surface area contributed by atoms with Crippen molar-refractivity contribution in [2.24, 2.45) is 5.16 Å². The number of benzene rings is 3. The Bertz CT molecular complexity index is 987. The molecule has 1 amide bonds. The van der Waals surface area contributed by atoms with Crippen LogP contribution in [0.25, 0.3) is 0 Å². The van der Waals surface area contributed by atoms with E-state index in [0.717, 1.165) is 11.1 Å². The first-order valence-corrected chi connectivity index (χ1v) is 9.08. The van der Waals surface area contributed by atoms with Gasteiger partial charge in [-0.15, -0.1) is 0 Å². The molecule has 0 aliphatic carbocycles. The highest BCUT2D eigenvalue weighted by Gasteiger charge is 2.04. The van der Waals surface area contributed by atoms with Gasteiger partial charge in [0, 0.05) is 11.3 Å². The lowest BCUT2D eigenvalue weighted by molar-refractivity contribution is -0.120. The van der Waals surface area contributed by atoms with Crippen LogP contribution >= 0.6 is 0 Å². The van der Waals surface area contributed by atoms with E-state index in [0.29, 0.717) is 17.0 Å². The van der Waals surface area contributed by atoms with Gasteiger partial charge in [-0.25, -0.2) is 4.39 Å². The lowest BCUT2D eigenvalue weighted by atomic mass is 10.2. The first-order chi connectivity index (χ1) is 14.1. The molecule has 0 saturated heterocycles. The normalized spacial score (nSPS) is 10.7. The molecule has 0 fully saturated rings. The Hall–Kier alpha value is -3.67. The van der Waals surface area contributed by atoms with E-state index < -0.39 is 0 Å². The Morgan fingerprint density at radius 1 is 1.07 bits per heavy atom. The van der Waals surface area contributed by atoms with Gasteiger partial charge in [0.25, 0.3) is 5.91 Å². The number of para-hydroxylation sites is 1. The lowest BCUT2D eigenvalue weighted by Gasteiger charge is -2.09. The van der Waals surface area contributed by atoms with E-state index in [9.17, 15) is 9.18 Å². The van der Waals surface area contributed by atoms with Crippen LogP contribution in [0.3, 0.4) is 0 Å². The number of amides is 1. The minimum Gasteiger partial charge on any atom is -0.488 e. The number of nitrogens with one attached hydrogen (secondary N) is 1. The molecule has 0 saturated carbocycles. The second-order valence-corrected chi connectivity index (χ2v) is 6.38. The van der Waals surface area contributed by atoms with Crippen molar-refractivity contribution in [2.75, 3.05) is 11.9 Å². The molecule has 29 heavy (non-hydrogen) atoms. The zero-order valence-corrected chi connectivity index (χ0v) is 16.0. The van der Waals surface area contributed by atoms with E-state index in [1.807, 2.05) is 43.3 Å². The van der Waals surface area contributed by atoms with Gasteiger partial charge in [0.15, 0.2) is 6.61 Å². The number of hydrogen-bond donors (Lipinski definition) is 1. The van der Waals surface area contributed by atoms with Crippen molar-refractivity contribution in [2.45, 2.75) is 13.5 Å². The standard InChI is InChI=1S/C23H21FN2O3/c1-17-9-11-21(12-10-17)26-23(27)16-29-25-14-19-6-2-3-8-22(19)28-15-18-5-4-7-20(24)13-18/h2-14H,15-16H2,1H3,(H,26,27)/b25-14+. The molecule has 0 unspecified atom stereocenters. The summed E-state index contributed by atoms with van der Waals surface area (Å²) in [4.78, 5) is 17.0. The van der Waals surface area contributed by atoms with Crippen LogP contribution in [0.15, 0.2) is 78.0 Å². The maximum absolute atomic E-state index is 13.3. The molecule has 3 aromatic rings. The minimum absolute atomic E-state index is 0.212. The van der Waals surface area contributed by atoms with Gasteiger partial charge in [-0.3, -0.25) is 4.79 Å². The average molecular weight is 392 g/mol. The molecule has 0 heterocycles. The zero-order chi connectivity index (χ0) is 20.5. The fraction of sp³-hybridized carbons (Fsp3) is 0.130. The van der Waals surface area contributed by atoms with Crippen molar-refractivity contribution in [3.63, 3.8) is 0 Å². The van der Waals surface area contributed by atoms with Gasteiger partial charge in [-0.05, 0) is 48.9 Å². The molecule has 3 aromatic carbocycles. The number of anilines is 1. The topological polar surface area (TPSA) is 59.9 Å². The number of nitrogens with zero attached hydrogens (tertiary/aromatic N) is 1. The van der Waals surface area contributed by atoms with Crippen LogP contribution in [0.1, 0.15) is 16.7 Å². The predicted molar refractivity (Wildman–Crippen MR) is 111 cm³/mol. The number of hydrogen-bond acceptors (Lipinski definition) is 4. The summed E-state index contributed by atoms with van der Waals surface area (Å²) in [6.07, 6.45) is 1.47. The minimum atomic E-state index is -0.307. The zero-order valence-electron chi connectivity index (χ0n) is 16.0. The summed E-state index contributed by atoms with van der Waals surface area (Å²) in [5.41, 5.74) is 3.22. The summed E-state index contributed by atoms with van der Waals surface area (Å²) in [6, 6.07) is 20.9. The summed E-state index contributed by atoms with van der Waals surface area (Å²) in [5.74, 6) is -0.0341. The molecule has 6 heteroatoms. The SMILES string of the molecule is Cc1ccc(NC(=O)CO/N=C/c2ccccc2OCc2cccc(F)c2)cc1. The molecule has 0 aromatic heterocycles. The fourth-order valence-corrected chi connectivity index (χ4v) is 2.53. The number of carbonyl (C=O) groups is 1. The van der Waals surface area contributed by atoms with Crippen LogP contribution in [0.4, 0.5) is 10.1 Å². The van der Waals surface area contributed by atoms with E-state index in [1.165, 1.54) is 18.3 Å². The quantitative estimate of drug-likeness (QED) is 0.446. The predicted octanol–water partition coefficient (Wildman–Crippen LogP) is 4.70. The smallest absolute Gasteiger partial charge is 0.265 e. The van der Waals surface area contributed by atoms with E-state index in [2.05, 4.69) is 10.5 Å². The molecular formula is C23H21FN2O3. The summed E-state index contributed by atoms with van der Waals surface area (Å²) in [7, 11) is 0. The van der Waals surface area contributed by atoms with Gasteiger partial charge < -0.3 is 14.9 Å². The van der Waals surface area contributed by atoms with Crippen molar-refractivity contribution in [1.29, 1.82) is 0 Å². The molecule has 0 atom stereocenters. The van der Waals surface area contributed by atoms with Crippen molar-refractivity contribution < 1.29 is 18.8 Å². The highest BCUT2D eigenvalue weighted by molar-refractivity contribution is 5.91. The first kappa shape index (κ1) is 20.1. The molecule has 1 N–H and O–H groups in total. The van der Waals surface area contributed by atoms with Crippen LogP contribution in [0, 0.1) is 12.7 Å². The maximum Gasteiger partial charge on any atom is 0.265 e. The third-order valence-corrected chi connectivity index (χ3v) is 4.00. The summed E-state index contributed by atoms with van der Waals surface area (Å²) in [5, 5.41) is 6.57. The second-order valence-electron chi connectivity index (χ2n) is 6.38. The van der Waals surface area contributed by atoms with Gasteiger partial charge in [0.1, 0.15) is 18.2 Å². The molecule has 148 valence electrons. The van der Waals surface area contributed by atoms with Crippen LogP contribution in [0.5, 0.6) is 5.75 Å². The number of halogens is 1. The van der Waals surface area contributed by atoms with Gasteiger partial charge in [0.05, 0.1) is 6.21 Å². The van der Waals surface area contributed by atoms with Crippen LogP contribution in [-0.4, -0.2) is 18.7 Å². The van der Waals surface area contributed by atoms with Crippen molar-refractivity contribution >= 4 is 17.8 Å². The molecule has 0 aliphatic rings. The summed E-state index contributed by atoms with van der Waals surface area (Å²) >= 11 is 0. The molecule has 0 bridgehead atoms. The number of carbonyl (C=O) groups excluding carboxylic acids is 1. The summed E-state index contributed by atoms with van der Waals surface area (Å²) in [6.45, 7) is 1.99. The average Bonchev–Trinajstić information content (AvgIpc) is 2.72. The van der Waals surface area contributed by atoms with Crippen LogP contribution < -0.4 is 10.1 Å². The Balaban J connectivity index is 1.51. The monoisotopic (exact) mass is 392 g/mol. The van der Waals surface area contributed by atoms with Crippen LogP contribution in [0.2, 0.25) is 0 Å². The molecule has 5 nitrogen and oxygen atoms in total. The van der Waals surface area contributed by atoms with Crippen molar-refractivity contribution in [1.82, 2.24) is 0 Å². The fourth-order valence-electron chi connectivity index (χ4n) is 2.53. The third-order valence-electron chi connectivity index (χ3n) is 4.00. The van der Waals surface area contributed by atoms with E-state index >= 15 is 0 Å². The Labute approximate surface area is 168 Å². The maximum atomic E-state index is 13.3. The van der Waals surface area contributed by atoms with E-state index in [4.69, 9.17) is 9.57 Å². The molecule has 0 spiro atoms. The lowest BCUT2D eigenvalue weighted by Crippen LogP contribution is -2.16. The Kier molecular flexibility index (Phi) is 6.95. The van der Waals surface area contributed by atoms with Gasteiger partial charge in [0.2, 0.25) is 0 Å². The van der Waals surface area contributed by atoms with E-state index in [1.54, 1.807) is 24.3 Å². The summed E-state index contributed by atoms with van der Waals surface area (Å²) < 4.78 is 19.0. The molecule has 0 aliphatic heterocycles. The number of oxime groups is 1. The highest BCUT2D eigenvalue weighted by Crippen LogP contribution is 2.18. The Morgan fingerprint density at radius 3 is 2.66 bits per heavy atom. The number of aryl methyl sites for hydroxylation is 1. The molecule has 3 rings (SSSR count). The van der Waals surface area contributed by atoms with Crippen LogP contribution in [-0.2, 0) is 16.2 Å². The molecule has 0 radical (unpaired) electrons. The van der Waals surface area contributed by atoms with E-state index in [-0.39, 0.29) is 24.9 Å². The largest absolute Gasteiger partial charge is 0.488 e.